The number of carbonyl (C=O) groups is 1. The lowest BCUT2D eigenvalue weighted by Gasteiger charge is -2.29. The van der Waals surface area contributed by atoms with Crippen LogP contribution in [0.3, 0.4) is 0 Å². The van der Waals surface area contributed by atoms with Crippen molar-refractivity contribution in [2.24, 2.45) is 5.92 Å². The van der Waals surface area contributed by atoms with Crippen molar-refractivity contribution in [3.63, 3.8) is 0 Å². The maximum absolute atomic E-state index is 12.0. The molecule has 1 saturated heterocycles. The van der Waals surface area contributed by atoms with Gasteiger partial charge in [0.15, 0.2) is 0 Å². The summed E-state index contributed by atoms with van der Waals surface area (Å²) in [4.78, 5) is 12.0. The Hall–Kier alpha value is -1.36. The molecule has 0 bridgehead atoms. The zero-order valence-electron chi connectivity index (χ0n) is 13.5. The number of aryl methyl sites for hydroxylation is 2. The van der Waals surface area contributed by atoms with E-state index in [1.165, 1.54) is 11.4 Å². The number of amides is 1. The standard InChI is InChI=1S/C16H28N4O/c1-4-13-11-14(20(6-3)19-13)9-12-7-8-18-15(10-12)16(21)17-5-2/h11-12,15,18H,4-10H2,1-3H3,(H,17,21). The SMILES string of the molecule is CCNC(=O)C1CC(Cc2cc(CC)nn2CC)CCN1. The summed E-state index contributed by atoms with van der Waals surface area (Å²) in [5, 5.41) is 10.9. The molecule has 1 aliphatic heterocycles. The smallest absolute Gasteiger partial charge is 0.237 e. The number of likely N-dealkylation sites (N-methyl/N-ethyl adjacent to an activating group) is 1. The van der Waals surface area contributed by atoms with Crippen LogP contribution in [0.2, 0.25) is 0 Å². The molecule has 0 aromatic carbocycles. The summed E-state index contributed by atoms with van der Waals surface area (Å²) in [5.74, 6) is 0.700. The van der Waals surface area contributed by atoms with Gasteiger partial charge in [-0.3, -0.25) is 9.48 Å². The Morgan fingerprint density at radius 2 is 2.29 bits per heavy atom. The Kier molecular flexibility index (Phi) is 5.79. The molecule has 1 aromatic heterocycles. The van der Waals surface area contributed by atoms with Crippen LogP contribution >= 0.6 is 0 Å². The minimum Gasteiger partial charge on any atom is -0.355 e. The molecule has 0 spiro atoms. The van der Waals surface area contributed by atoms with E-state index in [1.807, 2.05) is 6.92 Å². The van der Waals surface area contributed by atoms with Gasteiger partial charge >= 0.3 is 0 Å². The minimum absolute atomic E-state index is 0.0349. The molecule has 118 valence electrons. The van der Waals surface area contributed by atoms with Crippen LogP contribution in [0, 0.1) is 5.92 Å². The second kappa shape index (κ2) is 7.59. The topological polar surface area (TPSA) is 59.0 Å². The quantitative estimate of drug-likeness (QED) is 0.835. The molecule has 2 atom stereocenters. The van der Waals surface area contributed by atoms with Crippen LogP contribution in [0.15, 0.2) is 6.07 Å². The number of rotatable bonds is 6. The Morgan fingerprint density at radius 1 is 1.48 bits per heavy atom. The van der Waals surface area contributed by atoms with Gasteiger partial charge in [-0.2, -0.15) is 5.10 Å². The summed E-state index contributed by atoms with van der Waals surface area (Å²) in [6, 6.07) is 2.19. The van der Waals surface area contributed by atoms with Crippen molar-refractivity contribution in [2.75, 3.05) is 13.1 Å². The van der Waals surface area contributed by atoms with Gasteiger partial charge in [0.25, 0.3) is 0 Å². The Balaban J connectivity index is 1.99. The maximum atomic E-state index is 12.0. The number of aromatic nitrogens is 2. The molecule has 1 fully saturated rings. The molecule has 0 radical (unpaired) electrons. The zero-order chi connectivity index (χ0) is 15.2. The predicted molar refractivity (Wildman–Crippen MR) is 84.2 cm³/mol. The van der Waals surface area contributed by atoms with E-state index in [-0.39, 0.29) is 11.9 Å². The van der Waals surface area contributed by atoms with Gasteiger partial charge in [0.1, 0.15) is 0 Å². The summed E-state index contributed by atoms with van der Waals surface area (Å²) >= 11 is 0. The highest BCUT2D eigenvalue weighted by atomic mass is 16.2. The molecule has 21 heavy (non-hydrogen) atoms. The van der Waals surface area contributed by atoms with E-state index >= 15 is 0 Å². The summed E-state index contributed by atoms with van der Waals surface area (Å²) in [7, 11) is 0. The molecule has 0 saturated carbocycles. The lowest BCUT2D eigenvalue weighted by atomic mass is 9.88. The van der Waals surface area contributed by atoms with Gasteiger partial charge in [-0.25, -0.2) is 0 Å². The molecular weight excluding hydrogens is 264 g/mol. The average molecular weight is 292 g/mol. The van der Waals surface area contributed by atoms with Crippen LogP contribution in [0.5, 0.6) is 0 Å². The maximum Gasteiger partial charge on any atom is 0.237 e. The molecule has 5 nitrogen and oxygen atoms in total. The van der Waals surface area contributed by atoms with Gasteiger partial charge in [0.2, 0.25) is 5.91 Å². The second-order valence-corrected chi connectivity index (χ2v) is 5.79. The first kappa shape index (κ1) is 16.0. The van der Waals surface area contributed by atoms with Crippen molar-refractivity contribution in [2.45, 2.75) is 59.0 Å². The van der Waals surface area contributed by atoms with Crippen LogP contribution in [0.25, 0.3) is 0 Å². The Bertz CT molecular complexity index is 469. The lowest BCUT2D eigenvalue weighted by Crippen LogP contribution is -2.49. The molecule has 2 N–H and O–H groups in total. The fourth-order valence-corrected chi connectivity index (χ4v) is 3.10. The van der Waals surface area contributed by atoms with Gasteiger partial charge in [-0.05, 0) is 58.1 Å². The number of piperidine rings is 1. The first-order chi connectivity index (χ1) is 10.2. The third kappa shape index (κ3) is 4.06. The third-order valence-corrected chi connectivity index (χ3v) is 4.25. The number of carbonyl (C=O) groups excluding carboxylic acids is 1. The van der Waals surface area contributed by atoms with Gasteiger partial charge in [-0.1, -0.05) is 6.92 Å². The van der Waals surface area contributed by atoms with E-state index in [0.29, 0.717) is 12.5 Å². The number of hydrogen-bond acceptors (Lipinski definition) is 3. The average Bonchev–Trinajstić information content (AvgIpc) is 2.90. The van der Waals surface area contributed by atoms with E-state index < -0.39 is 0 Å². The molecule has 2 rings (SSSR count). The third-order valence-electron chi connectivity index (χ3n) is 4.25. The van der Waals surface area contributed by atoms with Crippen molar-refractivity contribution in [3.8, 4) is 0 Å². The van der Waals surface area contributed by atoms with Crippen molar-refractivity contribution in [1.29, 1.82) is 0 Å². The Morgan fingerprint density at radius 3 is 2.95 bits per heavy atom. The molecule has 5 heteroatoms. The fraction of sp³-hybridized carbons (Fsp3) is 0.750. The van der Waals surface area contributed by atoms with Crippen LogP contribution < -0.4 is 10.6 Å². The van der Waals surface area contributed by atoms with Crippen LogP contribution in [0.1, 0.15) is 45.0 Å². The van der Waals surface area contributed by atoms with Crippen LogP contribution in [-0.2, 0) is 24.2 Å². The molecule has 2 unspecified atom stereocenters. The van der Waals surface area contributed by atoms with Crippen LogP contribution in [0.4, 0.5) is 0 Å². The summed E-state index contributed by atoms with van der Waals surface area (Å²) in [5.41, 5.74) is 2.48. The van der Waals surface area contributed by atoms with E-state index in [0.717, 1.165) is 38.8 Å². The van der Waals surface area contributed by atoms with Gasteiger partial charge in [-0.15, -0.1) is 0 Å². The van der Waals surface area contributed by atoms with Crippen molar-refractivity contribution in [3.05, 3.63) is 17.5 Å². The van der Waals surface area contributed by atoms with E-state index in [2.05, 4.69) is 40.3 Å². The molecule has 1 amide bonds. The minimum atomic E-state index is -0.0349. The molecule has 2 heterocycles. The van der Waals surface area contributed by atoms with Crippen LogP contribution in [-0.4, -0.2) is 34.8 Å². The molecule has 1 aliphatic rings. The first-order valence-electron chi connectivity index (χ1n) is 8.24. The van der Waals surface area contributed by atoms with Gasteiger partial charge in [0.05, 0.1) is 11.7 Å². The largest absolute Gasteiger partial charge is 0.355 e. The Labute approximate surface area is 127 Å². The fourth-order valence-electron chi connectivity index (χ4n) is 3.10. The van der Waals surface area contributed by atoms with Crippen molar-refractivity contribution < 1.29 is 4.79 Å². The van der Waals surface area contributed by atoms with Gasteiger partial charge < -0.3 is 10.6 Å². The number of nitrogens with zero attached hydrogens (tertiary/aromatic N) is 2. The number of nitrogens with one attached hydrogen (secondary N) is 2. The number of hydrogen-bond donors (Lipinski definition) is 2. The predicted octanol–water partition coefficient (Wildman–Crippen LogP) is 1.51. The van der Waals surface area contributed by atoms with E-state index in [1.54, 1.807) is 0 Å². The molecule has 0 aliphatic carbocycles. The summed E-state index contributed by atoms with van der Waals surface area (Å²) < 4.78 is 2.11. The van der Waals surface area contributed by atoms with Crippen molar-refractivity contribution in [1.82, 2.24) is 20.4 Å². The monoisotopic (exact) mass is 292 g/mol. The highest BCUT2D eigenvalue weighted by molar-refractivity contribution is 5.81. The van der Waals surface area contributed by atoms with E-state index in [9.17, 15) is 4.79 Å². The zero-order valence-corrected chi connectivity index (χ0v) is 13.5. The summed E-state index contributed by atoms with van der Waals surface area (Å²) in [6.45, 7) is 8.78. The highest BCUT2D eigenvalue weighted by Crippen LogP contribution is 2.22. The summed E-state index contributed by atoms with van der Waals surface area (Å²) in [6.07, 6.45) is 4.06. The lowest BCUT2D eigenvalue weighted by molar-refractivity contribution is -0.123. The van der Waals surface area contributed by atoms with Gasteiger partial charge in [0, 0.05) is 18.8 Å². The van der Waals surface area contributed by atoms with E-state index in [4.69, 9.17) is 0 Å². The van der Waals surface area contributed by atoms with Crippen molar-refractivity contribution >= 4 is 5.91 Å². The highest BCUT2D eigenvalue weighted by Gasteiger charge is 2.27. The molecule has 1 aromatic rings. The second-order valence-electron chi connectivity index (χ2n) is 5.79. The molecular formula is C16H28N4O. The normalized spacial score (nSPS) is 22.2. The first-order valence-corrected chi connectivity index (χ1v) is 8.24.